The van der Waals surface area contributed by atoms with Crippen LogP contribution >= 0.6 is 24.8 Å². The van der Waals surface area contributed by atoms with E-state index >= 15 is 0 Å². The van der Waals surface area contributed by atoms with Crippen molar-refractivity contribution in [3.63, 3.8) is 0 Å². The monoisotopic (exact) mass is 490 g/mol. The number of para-hydroxylation sites is 1. The molecule has 1 aliphatic rings. The van der Waals surface area contributed by atoms with Gasteiger partial charge in [-0.3, -0.25) is 14.4 Å². The van der Waals surface area contributed by atoms with Crippen LogP contribution in [-0.4, -0.2) is 42.8 Å². The van der Waals surface area contributed by atoms with E-state index in [1.165, 1.54) is 5.56 Å². The van der Waals surface area contributed by atoms with E-state index in [0.717, 1.165) is 59.4 Å². The molecular weight excluding hydrogens is 464 g/mol. The number of hydrogen-bond donors (Lipinski definition) is 3. The summed E-state index contributed by atoms with van der Waals surface area (Å²) >= 11 is 9.75. The number of aryl methyl sites for hydroxylation is 3. The van der Waals surface area contributed by atoms with Crippen molar-refractivity contribution in [2.75, 3.05) is 10.7 Å². The Kier molecular flexibility index (Phi) is 6.64. The molecule has 0 radical (unpaired) electrons. The van der Waals surface area contributed by atoms with Gasteiger partial charge >= 0.3 is 0 Å². The molecule has 7 nitrogen and oxygen atoms in total. The van der Waals surface area contributed by atoms with E-state index in [9.17, 15) is 4.79 Å². The van der Waals surface area contributed by atoms with Crippen LogP contribution in [0, 0.1) is 0 Å². The molecule has 0 spiro atoms. The number of fused-ring (bicyclic) bond motifs is 1. The summed E-state index contributed by atoms with van der Waals surface area (Å²) in [5.74, 6) is 0.810. The van der Waals surface area contributed by atoms with Crippen molar-refractivity contribution < 1.29 is 4.79 Å². The lowest BCUT2D eigenvalue weighted by atomic mass is 10.0. The SMILES string of the molecule is O=C1C(Cc2c[nH]c3ccccc23)NC(=S)N1c1ccc(CCc2cn(CCCS)nn2)cc1. The molecule has 1 saturated heterocycles. The summed E-state index contributed by atoms with van der Waals surface area (Å²) in [5.41, 5.74) is 5.10. The lowest BCUT2D eigenvalue weighted by Crippen LogP contribution is -2.32. The summed E-state index contributed by atoms with van der Waals surface area (Å²) in [4.78, 5) is 18.1. The number of amides is 1. The van der Waals surface area contributed by atoms with Gasteiger partial charge < -0.3 is 10.3 Å². The van der Waals surface area contributed by atoms with Gasteiger partial charge in [-0.1, -0.05) is 35.5 Å². The number of rotatable bonds is 9. The van der Waals surface area contributed by atoms with E-state index < -0.39 is 0 Å². The minimum absolute atomic E-state index is 0.0270. The Hall–Kier alpha value is -3.17. The van der Waals surface area contributed by atoms with Gasteiger partial charge in [0.2, 0.25) is 0 Å². The maximum atomic E-state index is 13.2. The zero-order valence-electron chi connectivity index (χ0n) is 18.6. The predicted octanol–water partition coefficient (Wildman–Crippen LogP) is 3.70. The normalized spacial score (nSPS) is 15.9. The van der Waals surface area contributed by atoms with Crippen LogP contribution in [0.3, 0.4) is 0 Å². The van der Waals surface area contributed by atoms with Gasteiger partial charge in [0.1, 0.15) is 6.04 Å². The molecular formula is C25H26N6OS2. The van der Waals surface area contributed by atoms with Crippen molar-refractivity contribution in [1.29, 1.82) is 0 Å². The number of H-pyrrole nitrogens is 1. The minimum Gasteiger partial charge on any atom is -0.361 e. The Labute approximate surface area is 208 Å². The van der Waals surface area contributed by atoms with Crippen LogP contribution in [0.5, 0.6) is 0 Å². The van der Waals surface area contributed by atoms with Gasteiger partial charge in [-0.25, -0.2) is 0 Å². The highest BCUT2D eigenvalue weighted by Gasteiger charge is 2.36. The first-order valence-electron chi connectivity index (χ1n) is 11.4. The van der Waals surface area contributed by atoms with Crippen LogP contribution in [0.2, 0.25) is 0 Å². The standard InChI is InChI=1S/C25H26N6OS2/c32-24-23(14-18-15-26-22-5-2-1-4-21(18)22)27-25(34)31(24)20-10-7-17(8-11-20)6-9-19-16-30(29-28-19)12-3-13-33/h1-2,4-5,7-8,10-11,15-16,23,26,33H,3,6,9,12-14H2,(H,27,34). The highest BCUT2D eigenvalue weighted by Crippen LogP contribution is 2.25. The van der Waals surface area contributed by atoms with Crippen molar-refractivity contribution in [3.8, 4) is 0 Å². The average molecular weight is 491 g/mol. The van der Waals surface area contributed by atoms with Gasteiger partial charge in [0.25, 0.3) is 5.91 Å². The topological polar surface area (TPSA) is 78.8 Å². The third-order valence-corrected chi connectivity index (χ3v) is 6.73. The fraction of sp³-hybridized carbons (Fsp3) is 0.280. The first kappa shape index (κ1) is 22.6. The fourth-order valence-electron chi connectivity index (χ4n) is 4.31. The fourth-order valence-corrected chi connectivity index (χ4v) is 4.79. The maximum absolute atomic E-state index is 13.2. The number of aromatic nitrogens is 4. The van der Waals surface area contributed by atoms with Gasteiger partial charge in [-0.05, 0) is 66.6 Å². The van der Waals surface area contributed by atoms with Crippen LogP contribution in [0.4, 0.5) is 5.69 Å². The number of thiol groups is 1. The molecule has 2 aromatic carbocycles. The average Bonchev–Trinajstić information content (AvgIpc) is 3.55. The Morgan fingerprint density at radius 3 is 2.74 bits per heavy atom. The molecule has 0 aliphatic carbocycles. The Morgan fingerprint density at radius 2 is 1.91 bits per heavy atom. The van der Waals surface area contributed by atoms with Crippen molar-refractivity contribution in [3.05, 3.63) is 77.7 Å². The quantitative estimate of drug-likeness (QED) is 0.246. The number of aromatic amines is 1. The second kappa shape index (κ2) is 9.99. The third-order valence-electron chi connectivity index (χ3n) is 6.11. The number of anilines is 1. The molecule has 1 aliphatic heterocycles. The molecule has 2 N–H and O–H groups in total. The van der Waals surface area contributed by atoms with Crippen molar-refractivity contribution in [2.24, 2.45) is 0 Å². The first-order chi connectivity index (χ1) is 16.6. The van der Waals surface area contributed by atoms with Gasteiger partial charge in [-0.2, -0.15) is 12.6 Å². The van der Waals surface area contributed by atoms with Gasteiger partial charge in [0.15, 0.2) is 5.11 Å². The van der Waals surface area contributed by atoms with E-state index in [2.05, 4.69) is 39.3 Å². The first-order valence-corrected chi connectivity index (χ1v) is 12.4. The molecule has 174 valence electrons. The van der Waals surface area contributed by atoms with E-state index in [4.69, 9.17) is 12.2 Å². The van der Waals surface area contributed by atoms with Crippen LogP contribution < -0.4 is 10.2 Å². The lowest BCUT2D eigenvalue weighted by Gasteiger charge is -2.15. The molecule has 1 unspecified atom stereocenters. The molecule has 0 saturated carbocycles. The Balaban J connectivity index is 1.22. The van der Waals surface area contributed by atoms with E-state index in [0.29, 0.717) is 11.5 Å². The largest absolute Gasteiger partial charge is 0.361 e. The highest BCUT2D eigenvalue weighted by molar-refractivity contribution is 7.80. The van der Waals surface area contributed by atoms with E-state index in [-0.39, 0.29) is 11.9 Å². The summed E-state index contributed by atoms with van der Waals surface area (Å²) in [6, 6.07) is 15.7. The van der Waals surface area contributed by atoms with Crippen molar-refractivity contribution in [2.45, 2.75) is 38.3 Å². The predicted molar refractivity (Wildman–Crippen MR) is 141 cm³/mol. The summed E-state index contributed by atoms with van der Waals surface area (Å²) in [6.07, 6.45) is 7.19. The molecule has 0 bridgehead atoms. The van der Waals surface area contributed by atoms with Crippen molar-refractivity contribution in [1.82, 2.24) is 25.3 Å². The number of benzene rings is 2. The second-order valence-corrected chi connectivity index (χ2v) is 9.29. The Bertz CT molecular complexity index is 1310. The summed E-state index contributed by atoms with van der Waals surface area (Å²) in [5, 5.41) is 13.2. The number of hydrogen-bond acceptors (Lipinski definition) is 5. The number of nitrogens with one attached hydrogen (secondary N) is 2. The summed E-state index contributed by atoms with van der Waals surface area (Å²) in [6.45, 7) is 0.838. The zero-order valence-corrected chi connectivity index (χ0v) is 20.4. The molecule has 1 atom stereocenters. The molecule has 4 aromatic rings. The van der Waals surface area contributed by atoms with E-state index in [1.54, 1.807) is 4.90 Å². The molecule has 2 aromatic heterocycles. The molecule has 1 fully saturated rings. The number of carbonyl (C=O) groups excluding carboxylic acids is 1. The van der Waals surface area contributed by atoms with Crippen LogP contribution in [0.25, 0.3) is 10.9 Å². The zero-order chi connectivity index (χ0) is 23.5. The molecule has 1 amide bonds. The summed E-state index contributed by atoms with van der Waals surface area (Å²) < 4.78 is 1.87. The van der Waals surface area contributed by atoms with Crippen molar-refractivity contribution >= 4 is 52.5 Å². The Morgan fingerprint density at radius 1 is 1.09 bits per heavy atom. The van der Waals surface area contributed by atoms with Gasteiger partial charge in [0.05, 0.1) is 11.4 Å². The summed E-state index contributed by atoms with van der Waals surface area (Å²) in [7, 11) is 0. The van der Waals surface area contributed by atoms with Crippen LogP contribution in [0.1, 0.15) is 23.2 Å². The molecule has 9 heteroatoms. The minimum atomic E-state index is -0.378. The molecule has 5 rings (SSSR count). The van der Waals surface area contributed by atoms with Gasteiger partial charge in [0, 0.05) is 36.3 Å². The number of nitrogens with zero attached hydrogens (tertiary/aromatic N) is 4. The lowest BCUT2D eigenvalue weighted by molar-refractivity contribution is -0.118. The highest BCUT2D eigenvalue weighted by atomic mass is 32.1. The number of carbonyl (C=O) groups is 1. The molecule has 34 heavy (non-hydrogen) atoms. The van der Waals surface area contributed by atoms with Gasteiger partial charge in [-0.15, -0.1) is 5.10 Å². The van der Waals surface area contributed by atoms with E-state index in [1.807, 2.05) is 59.5 Å². The van der Waals surface area contributed by atoms with Crippen LogP contribution in [-0.2, 0) is 30.6 Å². The smallest absolute Gasteiger partial charge is 0.256 e. The number of thiocarbonyl (C=S) groups is 1. The van der Waals surface area contributed by atoms with Crippen LogP contribution in [0.15, 0.2) is 60.9 Å². The maximum Gasteiger partial charge on any atom is 0.256 e. The second-order valence-electron chi connectivity index (χ2n) is 8.46. The molecule has 3 heterocycles. The third kappa shape index (κ3) is 4.71.